The lowest BCUT2D eigenvalue weighted by atomic mass is 9.87. The maximum Gasteiger partial charge on any atom is 0.222 e. The number of rotatable bonds is 4. The van der Waals surface area contributed by atoms with Gasteiger partial charge in [-0.3, -0.25) is 4.79 Å². The molecule has 0 saturated carbocycles. The summed E-state index contributed by atoms with van der Waals surface area (Å²) in [4.78, 5) is 14.5. The van der Waals surface area contributed by atoms with Crippen LogP contribution >= 0.6 is 0 Å². The summed E-state index contributed by atoms with van der Waals surface area (Å²) < 4.78 is 11.4. The van der Waals surface area contributed by atoms with Gasteiger partial charge in [-0.05, 0) is 37.3 Å². The number of hydrogen-bond donors (Lipinski definition) is 0. The minimum atomic E-state index is -0.0481. The van der Waals surface area contributed by atoms with E-state index in [9.17, 15) is 4.79 Å². The Bertz CT molecular complexity index is 549. The number of carbonyl (C=O) groups is 1. The van der Waals surface area contributed by atoms with Crippen LogP contribution in [-0.2, 0) is 20.7 Å². The van der Waals surface area contributed by atoms with E-state index < -0.39 is 0 Å². The predicted molar refractivity (Wildman–Crippen MR) is 89.4 cm³/mol. The van der Waals surface area contributed by atoms with Crippen molar-refractivity contribution in [3.05, 3.63) is 35.4 Å². The number of carbonyl (C=O) groups excluding carboxylic acids is 1. The number of hydrogen-bond acceptors (Lipinski definition) is 3. The third-order valence-corrected chi connectivity index (χ3v) is 5.41. The number of likely N-dealkylation sites (tertiary alicyclic amines) is 1. The van der Waals surface area contributed by atoms with Crippen molar-refractivity contribution in [1.82, 2.24) is 4.90 Å². The zero-order valence-electron chi connectivity index (χ0n) is 14.2. The predicted octanol–water partition coefficient (Wildman–Crippen LogP) is 2.72. The Kier molecular flexibility index (Phi) is 5.02. The van der Waals surface area contributed by atoms with Crippen LogP contribution in [0.4, 0.5) is 0 Å². The number of nitrogens with zero attached hydrogens (tertiary/aromatic N) is 1. The Labute approximate surface area is 138 Å². The molecule has 4 nitrogen and oxygen atoms in total. The quantitative estimate of drug-likeness (QED) is 0.857. The van der Waals surface area contributed by atoms with E-state index in [0.29, 0.717) is 13.0 Å². The highest BCUT2D eigenvalue weighted by Gasteiger charge is 2.43. The molecular formula is C19H27NO3. The molecule has 1 amide bonds. The molecular weight excluding hydrogens is 290 g/mol. The molecule has 2 saturated heterocycles. The SMILES string of the molecule is CO[C@@H]1COC2(CCN(C(=O)CCc3ccccc3C)CC2)C1. The second-order valence-corrected chi connectivity index (χ2v) is 6.86. The average molecular weight is 317 g/mol. The Morgan fingerprint density at radius 2 is 2.09 bits per heavy atom. The van der Waals surface area contributed by atoms with Gasteiger partial charge in [-0.2, -0.15) is 0 Å². The fourth-order valence-electron chi connectivity index (χ4n) is 3.76. The van der Waals surface area contributed by atoms with E-state index in [1.165, 1.54) is 11.1 Å². The van der Waals surface area contributed by atoms with Gasteiger partial charge in [-0.15, -0.1) is 0 Å². The fourth-order valence-corrected chi connectivity index (χ4v) is 3.76. The average Bonchev–Trinajstić information content (AvgIpc) is 2.97. The second-order valence-electron chi connectivity index (χ2n) is 6.86. The third-order valence-electron chi connectivity index (χ3n) is 5.41. The van der Waals surface area contributed by atoms with Crippen LogP contribution in [0.3, 0.4) is 0 Å². The van der Waals surface area contributed by atoms with E-state index in [-0.39, 0.29) is 17.6 Å². The number of ether oxygens (including phenoxy) is 2. The molecule has 2 aliphatic rings. The molecule has 4 heteroatoms. The first-order valence-corrected chi connectivity index (χ1v) is 8.61. The summed E-state index contributed by atoms with van der Waals surface area (Å²) >= 11 is 0. The summed E-state index contributed by atoms with van der Waals surface area (Å²) in [5, 5.41) is 0. The largest absolute Gasteiger partial charge is 0.379 e. The van der Waals surface area contributed by atoms with Gasteiger partial charge in [0.25, 0.3) is 0 Å². The minimum Gasteiger partial charge on any atom is -0.379 e. The van der Waals surface area contributed by atoms with Crippen LogP contribution < -0.4 is 0 Å². The zero-order chi connectivity index (χ0) is 16.3. The molecule has 1 aromatic carbocycles. The van der Waals surface area contributed by atoms with Crippen LogP contribution in [0, 0.1) is 6.92 Å². The number of amides is 1. The molecule has 1 spiro atoms. The lowest BCUT2D eigenvalue weighted by Crippen LogP contribution is -2.46. The molecule has 2 fully saturated rings. The summed E-state index contributed by atoms with van der Waals surface area (Å²) in [6.45, 7) is 4.41. The van der Waals surface area contributed by atoms with Gasteiger partial charge < -0.3 is 14.4 Å². The van der Waals surface area contributed by atoms with E-state index in [0.717, 1.165) is 38.8 Å². The van der Waals surface area contributed by atoms with Crippen molar-refractivity contribution in [2.75, 3.05) is 26.8 Å². The third kappa shape index (κ3) is 3.75. The molecule has 0 aromatic heterocycles. The number of aryl methyl sites for hydroxylation is 2. The van der Waals surface area contributed by atoms with Crippen molar-refractivity contribution in [2.24, 2.45) is 0 Å². The molecule has 23 heavy (non-hydrogen) atoms. The maximum absolute atomic E-state index is 12.5. The van der Waals surface area contributed by atoms with Gasteiger partial charge in [0.05, 0.1) is 18.3 Å². The van der Waals surface area contributed by atoms with Crippen molar-refractivity contribution in [2.45, 2.75) is 50.7 Å². The van der Waals surface area contributed by atoms with Crippen LogP contribution in [0.5, 0.6) is 0 Å². The Balaban J connectivity index is 1.48. The summed E-state index contributed by atoms with van der Waals surface area (Å²) in [5.41, 5.74) is 2.49. The van der Waals surface area contributed by atoms with Gasteiger partial charge >= 0.3 is 0 Å². The van der Waals surface area contributed by atoms with Crippen LogP contribution in [0.25, 0.3) is 0 Å². The van der Waals surface area contributed by atoms with Gasteiger partial charge in [0.2, 0.25) is 5.91 Å². The van der Waals surface area contributed by atoms with E-state index in [4.69, 9.17) is 9.47 Å². The maximum atomic E-state index is 12.5. The van der Waals surface area contributed by atoms with Crippen LogP contribution in [0.1, 0.15) is 36.8 Å². The van der Waals surface area contributed by atoms with Gasteiger partial charge in [0.15, 0.2) is 0 Å². The van der Waals surface area contributed by atoms with E-state index in [1.807, 2.05) is 17.0 Å². The molecule has 0 radical (unpaired) electrons. The summed E-state index contributed by atoms with van der Waals surface area (Å²) in [7, 11) is 1.75. The zero-order valence-corrected chi connectivity index (χ0v) is 14.2. The molecule has 0 aliphatic carbocycles. The fraction of sp³-hybridized carbons (Fsp3) is 0.632. The molecule has 1 atom stereocenters. The first kappa shape index (κ1) is 16.5. The lowest BCUT2D eigenvalue weighted by molar-refractivity contribution is -0.135. The van der Waals surface area contributed by atoms with Crippen LogP contribution in [0.2, 0.25) is 0 Å². The summed E-state index contributed by atoms with van der Waals surface area (Å²) in [6.07, 6.45) is 4.48. The molecule has 126 valence electrons. The number of methoxy groups -OCH3 is 1. The van der Waals surface area contributed by atoms with Gasteiger partial charge in [0.1, 0.15) is 0 Å². The van der Waals surface area contributed by atoms with Gasteiger partial charge in [0, 0.05) is 33.0 Å². The van der Waals surface area contributed by atoms with Crippen molar-refractivity contribution >= 4 is 5.91 Å². The second kappa shape index (κ2) is 7.02. The summed E-state index contributed by atoms with van der Waals surface area (Å²) in [5.74, 6) is 0.268. The Hall–Kier alpha value is -1.39. The highest BCUT2D eigenvalue weighted by molar-refractivity contribution is 5.76. The van der Waals surface area contributed by atoms with Crippen LogP contribution in [0.15, 0.2) is 24.3 Å². The standard InChI is InChI=1S/C19H27NO3/c1-15-5-3-4-6-16(15)7-8-18(21)20-11-9-19(10-12-20)13-17(22-2)14-23-19/h3-6,17H,7-14H2,1-2H3/t17-/m0/s1. The monoisotopic (exact) mass is 317 g/mol. The van der Waals surface area contributed by atoms with E-state index in [1.54, 1.807) is 7.11 Å². The minimum absolute atomic E-state index is 0.0481. The topological polar surface area (TPSA) is 38.8 Å². The molecule has 0 unspecified atom stereocenters. The van der Waals surface area contributed by atoms with Crippen molar-refractivity contribution in [3.8, 4) is 0 Å². The number of benzene rings is 1. The highest BCUT2D eigenvalue weighted by Crippen LogP contribution is 2.36. The summed E-state index contributed by atoms with van der Waals surface area (Å²) in [6, 6.07) is 8.31. The molecule has 2 aliphatic heterocycles. The van der Waals surface area contributed by atoms with E-state index in [2.05, 4.69) is 19.1 Å². The smallest absolute Gasteiger partial charge is 0.222 e. The first-order valence-electron chi connectivity index (χ1n) is 8.61. The number of piperidine rings is 1. The first-order chi connectivity index (χ1) is 11.1. The Morgan fingerprint density at radius 1 is 1.35 bits per heavy atom. The normalized spacial score (nSPS) is 23.4. The molecule has 2 heterocycles. The van der Waals surface area contributed by atoms with Crippen molar-refractivity contribution < 1.29 is 14.3 Å². The van der Waals surface area contributed by atoms with E-state index >= 15 is 0 Å². The molecule has 0 N–H and O–H groups in total. The van der Waals surface area contributed by atoms with Gasteiger partial charge in [-0.25, -0.2) is 0 Å². The Morgan fingerprint density at radius 3 is 2.74 bits per heavy atom. The van der Waals surface area contributed by atoms with Crippen molar-refractivity contribution in [1.29, 1.82) is 0 Å². The highest BCUT2D eigenvalue weighted by atomic mass is 16.6. The molecule has 3 rings (SSSR count). The van der Waals surface area contributed by atoms with Crippen LogP contribution in [-0.4, -0.2) is 49.3 Å². The van der Waals surface area contributed by atoms with Crippen molar-refractivity contribution in [3.63, 3.8) is 0 Å². The lowest BCUT2D eigenvalue weighted by Gasteiger charge is -2.38. The van der Waals surface area contributed by atoms with Gasteiger partial charge in [-0.1, -0.05) is 24.3 Å². The molecule has 0 bridgehead atoms. The molecule has 1 aromatic rings.